The van der Waals surface area contributed by atoms with Gasteiger partial charge in [0, 0.05) is 26.2 Å². The number of carboxylic acid groups (broad SMARTS) is 1. The van der Waals surface area contributed by atoms with Gasteiger partial charge in [-0.1, -0.05) is 0 Å². The van der Waals surface area contributed by atoms with E-state index in [1.165, 1.54) is 6.07 Å². The summed E-state index contributed by atoms with van der Waals surface area (Å²) in [6, 6.07) is 3.93. The molecule has 5 heteroatoms. The lowest BCUT2D eigenvalue weighted by molar-refractivity contribution is 0.0697. The lowest BCUT2D eigenvalue weighted by Gasteiger charge is -2.34. The zero-order chi connectivity index (χ0) is 12.4. The Hall–Kier alpha value is -1.62. The number of carbonyl (C=O) groups is 1. The first kappa shape index (κ1) is 11.9. The van der Waals surface area contributed by atoms with Gasteiger partial charge in [0.25, 0.3) is 0 Å². The van der Waals surface area contributed by atoms with Gasteiger partial charge < -0.3 is 14.9 Å². The molecule has 0 aromatic heterocycles. The molecule has 92 valence electrons. The van der Waals surface area contributed by atoms with Crippen molar-refractivity contribution >= 4 is 11.7 Å². The van der Waals surface area contributed by atoms with Gasteiger partial charge >= 0.3 is 5.97 Å². The van der Waals surface area contributed by atoms with Crippen LogP contribution in [0.2, 0.25) is 0 Å². The van der Waals surface area contributed by atoms with E-state index in [2.05, 4.69) is 4.90 Å². The Bertz CT molecular complexity index is 429. The highest BCUT2D eigenvalue weighted by Gasteiger charge is 2.20. The molecule has 17 heavy (non-hydrogen) atoms. The maximum Gasteiger partial charge on any atom is 0.337 e. The van der Waals surface area contributed by atoms with Crippen molar-refractivity contribution in [1.82, 2.24) is 4.90 Å². The lowest BCUT2D eigenvalue weighted by Crippen LogP contribution is -2.45. The molecule has 1 aliphatic rings. The standard InChI is InChI=1S/C12H15FN2O2/c1-14-4-6-15(7-5-14)11-3-2-9(13)8-10(11)12(16)17/h2-3,8H,4-7H2,1H3,(H,16,17). The van der Waals surface area contributed by atoms with E-state index in [4.69, 9.17) is 5.11 Å². The van der Waals surface area contributed by atoms with Gasteiger partial charge in [-0.05, 0) is 25.2 Å². The van der Waals surface area contributed by atoms with Gasteiger partial charge in [-0.2, -0.15) is 0 Å². The summed E-state index contributed by atoms with van der Waals surface area (Å²) in [6.07, 6.45) is 0. The molecule has 0 radical (unpaired) electrons. The van der Waals surface area contributed by atoms with Crippen molar-refractivity contribution in [2.45, 2.75) is 0 Å². The first-order valence-corrected chi connectivity index (χ1v) is 5.54. The van der Waals surface area contributed by atoms with E-state index in [-0.39, 0.29) is 5.56 Å². The monoisotopic (exact) mass is 238 g/mol. The number of rotatable bonds is 2. The summed E-state index contributed by atoms with van der Waals surface area (Å²) >= 11 is 0. The van der Waals surface area contributed by atoms with Crippen LogP contribution in [-0.2, 0) is 0 Å². The highest BCUT2D eigenvalue weighted by Crippen LogP contribution is 2.22. The van der Waals surface area contributed by atoms with Crippen LogP contribution in [0.15, 0.2) is 18.2 Å². The molecule has 1 saturated heterocycles. The minimum Gasteiger partial charge on any atom is -0.478 e. The zero-order valence-corrected chi connectivity index (χ0v) is 9.69. The highest BCUT2D eigenvalue weighted by molar-refractivity contribution is 5.94. The van der Waals surface area contributed by atoms with Crippen molar-refractivity contribution < 1.29 is 14.3 Å². The van der Waals surface area contributed by atoms with Crippen molar-refractivity contribution in [2.24, 2.45) is 0 Å². The van der Waals surface area contributed by atoms with Gasteiger partial charge in [-0.25, -0.2) is 9.18 Å². The maximum absolute atomic E-state index is 13.0. The maximum atomic E-state index is 13.0. The number of halogens is 1. The van der Waals surface area contributed by atoms with Gasteiger partial charge in [-0.15, -0.1) is 0 Å². The van der Waals surface area contributed by atoms with E-state index in [1.54, 1.807) is 6.07 Å². The third-order valence-electron chi connectivity index (χ3n) is 3.03. The molecule has 4 nitrogen and oxygen atoms in total. The summed E-state index contributed by atoms with van der Waals surface area (Å²) in [6.45, 7) is 3.30. The van der Waals surface area contributed by atoms with Crippen molar-refractivity contribution in [2.75, 3.05) is 38.1 Å². The van der Waals surface area contributed by atoms with E-state index in [0.29, 0.717) is 5.69 Å². The van der Waals surface area contributed by atoms with Gasteiger partial charge in [0.05, 0.1) is 11.3 Å². The second-order valence-electron chi connectivity index (χ2n) is 4.26. The minimum atomic E-state index is -1.08. The predicted octanol–water partition coefficient (Wildman–Crippen LogP) is 1.28. The molecular formula is C12H15FN2O2. The minimum absolute atomic E-state index is 0.0366. The summed E-state index contributed by atoms with van der Waals surface area (Å²) in [4.78, 5) is 15.2. The van der Waals surface area contributed by atoms with Crippen molar-refractivity contribution in [1.29, 1.82) is 0 Å². The van der Waals surface area contributed by atoms with Crippen molar-refractivity contribution in [3.63, 3.8) is 0 Å². The third kappa shape index (κ3) is 2.55. The van der Waals surface area contributed by atoms with E-state index in [9.17, 15) is 9.18 Å². The van der Waals surface area contributed by atoms with Gasteiger partial charge in [0.15, 0.2) is 0 Å². The Kier molecular flexibility index (Phi) is 3.28. The highest BCUT2D eigenvalue weighted by atomic mass is 19.1. The molecule has 0 saturated carbocycles. The van der Waals surface area contributed by atoms with Gasteiger partial charge in [-0.3, -0.25) is 0 Å². The first-order chi connectivity index (χ1) is 8.08. The van der Waals surface area contributed by atoms with Crippen molar-refractivity contribution in [3.05, 3.63) is 29.6 Å². The van der Waals surface area contributed by atoms with Gasteiger partial charge in [0.2, 0.25) is 0 Å². The number of piperazine rings is 1. The molecule has 0 bridgehead atoms. The van der Waals surface area contributed by atoms with Crippen LogP contribution >= 0.6 is 0 Å². The number of carboxylic acids is 1. The second-order valence-corrected chi connectivity index (χ2v) is 4.26. The van der Waals surface area contributed by atoms with E-state index < -0.39 is 11.8 Å². The number of hydrogen-bond acceptors (Lipinski definition) is 3. The summed E-state index contributed by atoms with van der Waals surface area (Å²) in [5.74, 6) is -1.60. The van der Waals surface area contributed by atoms with Crippen LogP contribution in [0, 0.1) is 5.82 Å². The molecule has 0 spiro atoms. The quantitative estimate of drug-likeness (QED) is 0.842. The molecule has 0 unspecified atom stereocenters. The Morgan fingerprint density at radius 1 is 1.29 bits per heavy atom. The molecule has 1 aromatic rings. The fourth-order valence-electron chi connectivity index (χ4n) is 2.00. The molecular weight excluding hydrogens is 223 g/mol. The smallest absolute Gasteiger partial charge is 0.337 e. The first-order valence-electron chi connectivity index (χ1n) is 5.54. The normalized spacial score (nSPS) is 17.2. The van der Waals surface area contributed by atoms with E-state index in [0.717, 1.165) is 32.2 Å². The van der Waals surface area contributed by atoms with Crippen LogP contribution in [0.25, 0.3) is 0 Å². The van der Waals surface area contributed by atoms with Gasteiger partial charge in [0.1, 0.15) is 5.82 Å². The number of benzene rings is 1. The van der Waals surface area contributed by atoms with Crippen LogP contribution in [-0.4, -0.2) is 49.2 Å². The summed E-state index contributed by atoms with van der Waals surface area (Å²) < 4.78 is 13.0. The zero-order valence-electron chi connectivity index (χ0n) is 9.69. The van der Waals surface area contributed by atoms with Crippen LogP contribution < -0.4 is 4.90 Å². The SMILES string of the molecule is CN1CCN(c2ccc(F)cc2C(=O)O)CC1. The Morgan fingerprint density at radius 3 is 2.53 bits per heavy atom. The summed E-state index contributed by atoms with van der Waals surface area (Å²) in [5.41, 5.74) is 0.640. The van der Waals surface area contributed by atoms with Crippen LogP contribution in [0.4, 0.5) is 10.1 Å². The molecule has 1 aromatic carbocycles. The third-order valence-corrected chi connectivity index (χ3v) is 3.03. The molecule has 1 N–H and O–H groups in total. The second kappa shape index (κ2) is 4.71. The molecule has 0 atom stereocenters. The number of aromatic carboxylic acids is 1. The number of anilines is 1. The van der Waals surface area contributed by atoms with Crippen LogP contribution in [0.5, 0.6) is 0 Å². The largest absolute Gasteiger partial charge is 0.478 e. The fraction of sp³-hybridized carbons (Fsp3) is 0.417. The Labute approximate surface area is 99.3 Å². The molecule has 1 heterocycles. The number of likely N-dealkylation sites (N-methyl/N-ethyl adjacent to an activating group) is 1. The molecule has 1 fully saturated rings. The molecule has 1 aliphatic heterocycles. The average molecular weight is 238 g/mol. The molecule has 0 aliphatic carbocycles. The van der Waals surface area contributed by atoms with Crippen molar-refractivity contribution in [3.8, 4) is 0 Å². The average Bonchev–Trinajstić information content (AvgIpc) is 2.30. The molecule has 0 amide bonds. The summed E-state index contributed by atoms with van der Waals surface area (Å²) in [5, 5.41) is 9.07. The van der Waals surface area contributed by atoms with Crippen LogP contribution in [0.3, 0.4) is 0 Å². The number of hydrogen-bond donors (Lipinski definition) is 1. The topological polar surface area (TPSA) is 43.8 Å². The lowest BCUT2D eigenvalue weighted by atomic mass is 10.1. The van der Waals surface area contributed by atoms with Crippen LogP contribution in [0.1, 0.15) is 10.4 Å². The van der Waals surface area contributed by atoms with E-state index >= 15 is 0 Å². The Morgan fingerprint density at radius 2 is 1.94 bits per heavy atom. The predicted molar refractivity (Wildman–Crippen MR) is 63.1 cm³/mol. The number of nitrogens with zero attached hydrogens (tertiary/aromatic N) is 2. The summed E-state index contributed by atoms with van der Waals surface area (Å²) in [7, 11) is 2.03. The molecule has 2 rings (SSSR count). The van der Waals surface area contributed by atoms with E-state index in [1.807, 2.05) is 11.9 Å². The Balaban J connectivity index is 2.28. The fourth-order valence-corrected chi connectivity index (χ4v) is 2.00.